The molecule has 0 bridgehead atoms. The summed E-state index contributed by atoms with van der Waals surface area (Å²) < 4.78 is 23.2. The number of carbonyl (C=O) groups excluding carboxylic acids is 1. The van der Waals surface area contributed by atoms with Gasteiger partial charge in [0.15, 0.2) is 0 Å². The highest BCUT2D eigenvalue weighted by Crippen LogP contribution is 2.35. The molecular formula is C18H15ClFN3O3. The van der Waals surface area contributed by atoms with Crippen LogP contribution in [0.15, 0.2) is 48.2 Å². The lowest BCUT2D eigenvalue weighted by Gasteiger charge is -2.12. The molecule has 0 aromatic heterocycles. The normalized spacial score (nSPS) is 10.7. The van der Waals surface area contributed by atoms with Gasteiger partial charge in [0.25, 0.3) is 5.91 Å². The highest BCUT2D eigenvalue weighted by Gasteiger charge is 2.12. The van der Waals surface area contributed by atoms with Crippen molar-refractivity contribution < 1.29 is 18.7 Å². The summed E-state index contributed by atoms with van der Waals surface area (Å²) in [6, 6.07) is 10.1. The van der Waals surface area contributed by atoms with Crippen molar-refractivity contribution in [1.29, 1.82) is 5.26 Å². The summed E-state index contributed by atoms with van der Waals surface area (Å²) in [6.07, 6.45) is 1.23. The average Bonchev–Trinajstić information content (AvgIpc) is 2.64. The van der Waals surface area contributed by atoms with E-state index in [9.17, 15) is 14.4 Å². The van der Waals surface area contributed by atoms with Gasteiger partial charge in [0, 0.05) is 24.0 Å². The number of nitrogens with zero attached hydrogens (tertiary/aromatic N) is 1. The van der Waals surface area contributed by atoms with Gasteiger partial charge in [-0.15, -0.1) is 0 Å². The Bertz CT molecular complexity index is 876. The first-order valence-electron chi connectivity index (χ1n) is 7.33. The molecule has 6 nitrogen and oxygen atoms in total. The van der Waals surface area contributed by atoms with Crippen LogP contribution in [0.1, 0.15) is 0 Å². The van der Waals surface area contributed by atoms with Gasteiger partial charge in [0.05, 0.1) is 24.9 Å². The van der Waals surface area contributed by atoms with Crippen LogP contribution in [0.25, 0.3) is 0 Å². The largest absolute Gasteiger partial charge is 0.495 e. The van der Waals surface area contributed by atoms with Gasteiger partial charge in [-0.05, 0) is 24.3 Å². The summed E-state index contributed by atoms with van der Waals surface area (Å²) >= 11 is 6.03. The molecule has 0 atom stereocenters. The Balaban J connectivity index is 2.20. The second-order valence-electron chi connectivity index (χ2n) is 4.96. The zero-order valence-corrected chi connectivity index (χ0v) is 14.7. The van der Waals surface area contributed by atoms with Gasteiger partial charge in [0.2, 0.25) is 0 Å². The van der Waals surface area contributed by atoms with E-state index in [0.29, 0.717) is 27.9 Å². The molecule has 0 radical (unpaired) electrons. The smallest absolute Gasteiger partial charge is 0.267 e. The molecule has 0 saturated heterocycles. The third-order valence-electron chi connectivity index (χ3n) is 3.31. The van der Waals surface area contributed by atoms with Crippen molar-refractivity contribution in [2.45, 2.75) is 0 Å². The molecule has 26 heavy (non-hydrogen) atoms. The highest BCUT2D eigenvalue weighted by atomic mass is 35.5. The number of nitriles is 1. The van der Waals surface area contributed by atoms with E-state index in [1.165, 1.54) is 44.7 Å². The minimum absolute atomic E-state index is 0.190. The first-order chi connectivity index (χ1) is 12.5. The Morgan fingerprint density at radius 3 is 2.42 bits per heavy atom. The SMILES string of the molecule is COc1cc(N/C=C(/C#N)C(=O)Nc2ccc(F)cc2)c(OC)cc1Cl. The van der Waals surface area contributed by atoms with Crippen LogP contribution in [0.2, 0.25) is 5.02 Å². The molecule has 0 unspecified atom stereocenters. The van der Waals surface area contributed by atoms with Crippen LogP contribution in [0, 0.1) is 17.1 Å². The van der Waals surface area contributed by atoms with E-state index in [1.54, 1.807) is 18.2 Å². The number of rotatable bonds is 6. The molecule has 0 heterocycles. The lowest BCUT2D eigenvalue weighted by Crippen LogP contribution is -2.14. The number of halogens is 2. The lowest BCUT2D eigenvalue weighted by molar-refractivity contribution is -0.112. The molecule has 2 aromatic rings. The van der Waals surface area contributed by atoms with E-state index >= 15 is 0 Å². The van der Waals surface area contributed by atoms with E-state index in [2.05, 4.69) is 10.6 Å². The minimum Gasteiger partial charge on any atom is -0.495 e. The molecule has 0 saturated carbocycles. The van der Waals surface area contributed by atoms with Crippen molar-refractivity contribution in [3.8, 4) is 17.6 Å². The van der Waals surface area contributed by atoms with Crippen molar-refractivity contribution in [3.63, 3.8) is 0 Å². The molecule has 0 fully saturated rings. The zero-order valence-electron chi connectivity index (χ0n) is 14.0. The van der Waals surface area contributed by atoms with Crippen molar-refractivity contribution in [2.24, 2.45) is 0 Å². The van der Waals surface area contributed by atoms with Crippen molar-refractivity contribution in [2.75, 3.05) is 24.9 Å². The first-order valence-corrected chi connectivity index (χ1v) is 7.71. The molecule has 0 spiro atoms. The Labute approximate surface area is 154 Å². The Morgan fingerprint density at radius 1 is 1.19 bits per heavy atom. The number of amides is 1. The third-order valence-corrected chi connectivity index (χ3v) is 3.61. The number of benzene rings is 2. The molecule has 2 N–H and O–H groups in total. The molecule has 0 aliphatic rings. The van der Waals surface area contributed by atoms with Crippen LogP contribution in [0.5, 0.6) is 11.5 Å². The van der Waals surface area contributed by atoms with Gasteiger partial charge >= 0.3 is 0 Å². The number of carbonyl (C=O) groups is 1. The second-order valence-corrected chi connectivity index (χ2v) is 5.37. The molecule has 2 aromatic carbocycles. The molecule has 0 aliphatic carbocycles. The van der Waals surface area contributed by atoms with Gasteiger partial charge < -0.3 is 20.1 Å². The summed E-state index contributed by atoms with van der Waals surface area (Å²) in [5.74, 6) is -0.267. The monoisotopic (exact) mass is 375 g/mol. The predicted molar refractivity (Wildman–Crippen MR) is 96.9 cm³/mol. The molecule has 2 rings (SSSR count). The predicted octanol–water partition coefficient (Wildman–Crippen LogP) is 3.95. The first kappa shape index (κ1) is 19.1. The Hall–Kier alpha value is -3.24. The van der Waals surface area contributed by atoms with E-state index in [0.717, 1.165) is 0 Å². The lowest BCUT2D eigenvalue weighted by atomic mass is 10.2. The summed E-state index contributed by atoms with van der Waals surface area (Å²) in [4.78, 5) is 12.2. The maximum absolute atomic E-state index is 12.9. The fourth-order valence-corrected chi connectivity index (χ4v) is 2.23. The number of methoxy groups -OCH3 is 2. The fraction of sp³-hybridized carbons (Fsp3) is 0.111. The summed E-state index contributed by atoms with van der Waals surface area (Å²) in [5, 5.41) is 14.9. The zero-order chi connectivity index (χ0) is 19.1. The van der Waals surface area contributed by atoms with Crippen molar-refractivity contribution in [1.82, 2.24) is 0 Å². The topological polar surface area (TPSA) is 83.4 Å². The Kier molecular flexibility index (Phi) is 6.42. The summed E-state index contributed by atoms with van der Waals surface area (Å²) in [7, 11) is 2.92. The standard InChI is InChI=1S/C18H15ClFN3O3/c1-25-16-8-15(17(26-2)7-14(16)19)22-10-11(9-21)18(24)23-13-5-3-12(20)4-6-13/h3-8,10,22H,1-2H3,(H,23,24)/b11-10-. The highest BCUT2D eigenvalue weighted by molar-refractivity contribution is 6.32. The molecule has 134 valence electrons. The molecular weight excluding hydrogens is 361 g/mol. The van der Waals surface area contributed by atoms with E-state index in [4.69, 9.17) is 21.1 Å². The number of ether oxygens (including phenoxy) is 2. The van der Waals surface area contributed by atoms with Crippen LogP contribution >= 0.6 is 11.6 Å². The number of nitrogens with one attached hydrogen (secondary N) is 2. The van der Waals surface area contributed by atoms with Gasteiger partial charge in [-0.25, -0.2) is 4.39 Å². The van der Waals surface area contributed by atoms with E-state index in [-0.39, 0.29) is 5.57 Å². The van der Waals surface area contributed by atoms with Gasteiger partial charge in [0.1, 0.15) is 29.0 Å². The van der Waals surface area contributed by atoms with Crippen LogP contribution in [0.3, 0.4) is 0 Å². The van der Waals surface area contributed by atoms with Crippen LogP contribution in [-0.4, -0.2) is 20.1 Å². The fourth-order valence-electron chi connectivity index (χ4n) is 2.00. The summed E-state index contributed by atoms with van der Waals surface area (Å²) in [5.41, 5.74) is 0.629. The number of hydrogen-bond acceptors (Lipinski definition) is 5. The van der Waals surface area contributed by atoms with Crippen molar-refractivity contribution in [3.05, 3.63) is 59.0 Å². The van der Waals surface area contributed by atoms with Crippen LogP contribution < -0.4 is 20.1 Å². The van der Waals surface area contributed by atoms with Crippen LogP contribution in [0.4, 0.5) is 15.8 Å². The molecule has 1 amide bonds. The third kappa shape index (κ3) is 4.65. The maximum atomic E-state index is 12.9. The van der Waals surface area contributed by atoms with Gasteiger partial charge in [-0.1, -0.05) is 11.6 Å². The quantitative estimate of drug-likeness (QED) is 0.590. The number of hydrogen-bond donors (Lipinski definition) is 2. The van der Waals surface area contributed by atoms with E-state index < -0.39 is 11.7 Å². The van der Waals surface area contributed by atoms with Gasteiger partial charge in [-0.2, -0.15) is 5.26 Å². The number of anilines is 2. The van der Waals surface area contributed by atoms with E-state index in [1.807, 2.05) is 0 Å². The molecule has 0 aliphatic heterocycles. The summed E-state index contributed by atoms with van der Waals surface area (Å²) in [6.45, 7) is 0. The van der Waals surface area contributed by atoms with Crippen LogP contribution in [-0.2, 0) is 4.79 Å². The maximum Gasteiger partial charge on any atom is 0.267 e. The van der Waals surface area contributed by atoms with Crippen molar-refractivity contribution >= 4 is 28.9 Å². The Morgan fingerprint density at radius 2 is 1.85 bits per heavy atom. The minimum atomic E-state index is -0.647. The average molecular weight is 376 g/mol. The second kappa shape index (κ2) is 8.74. The molecule has 8 heteroatoms. The van der Waals surface area contributed by atoms with Gasteiger partial charge in [-0.3, -0.25) is 4.79 Å².